The van der Waals surface area contributed by atoms with Gasteiger partial charge in [-0.05, 0) is 31.4 Å². The first kappa shape index (κ1) is 18.5. The van der Waals surface area contributed by atoms with E-state index in [0.29, 0.717) is 28.6 Å². The van der Waals surface area contributed by atoms with Crippen molar-refractivity contribution in [1.29, 1.82) is 0 Å². The number of halogens is 1. The topological polar surface area (TPSA) is 88.6 Å². The first-order chi connectivity index (χ1) is 12.8. The molecule has 3 aromatic heterocycles. The lowest BCUT2D eigenvalue weighted by atomic mass is 10.2. The normalized spacial score (nSPS) is 15.7. The van der Waals surface area contributed by atoms with Gasteiger partial charge in [-0.15, -0.1) is 11.3 Å². The Labute approximate surface area is 164 Å². The Hall–Kier alpha value is -1.90. The molecule has 1 saturated carbocycles. The van der Waals surface area contributed by atoms with E-state index < -0.39 is 5.60 Å². The van der Waals surface area contributed by atoms with Crippen LogP contribution in [-0.4, -0.2) is 37.3 Å². The third-order valence-electron chi connectivity index (χ3n) is 4.92. The van der Waals surface area contributed by atoms with E-state index in [4.69, 9.17) is 11.6 Å². The van der Waals surface area contributed by atoms with Gasteiger partial charge in [0, 0.05) is 12.5 Å². The smallest absolute Gasteiger partial charge is 0.291 e. The highest BCUT2D eigenvalue weighted by Crippen LogP contribution is 2.37. The van der Waals surface area contributed by atoms with Gasteiger partial charge in [-0.2, -0.15) is 5.10 Å². The number of nitrogens with zero attached hydrogens (tertiary/aromatic N) is 3. The molecule has 27 heavy (non-hydrogen) atoms. The predicted molar refractivity (Wildman–Crippen MR) is 106 cm³/mol. The Bertz CT molecular complexity index is 1090. The van der Waals surface area contributed by atoms with E-state index in [1.165, 1.54) is 16.0 Å². The van der Waals surface area contributed by atoms with Crippen LogP contribution in [0.5, 0.6) is 0 Å². The molecule has 3 aromatic rings. The zero-order valence-corrected chi connectivity index (χ0v) is 16.7. The summed E-state index contributed by atoms with van der Waals surface area (Å²) in [6.07, 6.45) is 2.11. The summed E-state index contributed by atoms with van der Waals surface area (Å²) in [6.45, 7) is 4.23. The number of hydrogen-bond acceptors (Lipinski definition) is 5. The average Bonchev–Trinajstić information content (AvgIpc) is 3.05. The molecule has 7 nitrogen and oxygen atoms in total. The molecule has 1 aliphatic carbocycles. The summed E-state index contributed by atoms with van der Waals surface area (Å²) in [7, 11) is 0. The van der Waals surface area contributed by atoms with Crippen molar-refractivity contribution in [2.45, 2.75) is 51.2 Å². The highest BCUT2D eigenvalue weighted by Gasteiger charge is 2.39. The molecule has 2 N–H and O–H groups in total. The number of fused-ring (bicyclic) bond motifs is 3. The Morgan fingerprint density at radius 1 is 1.41 bits per heavy atom. The van der Waals surface area contributed by atoms with Crippen LogP contribution in [-0.2, 0) is 11.3 Å². The minimum atomic E-state index is -0.606. The quantitative estimate of drug-likeness (QED) is 0.656. The van der Waals surface area contributed by atoms with Crippen LogP contribution >= 0.6 is 22.9 Å². The van der Waals surface area contributed by atoms with Crippen LogP contribution in [0.3, 0.4) is 0 Å². The van der Waals surface area contributed by atoms with Crippen molar-refractivity contribution in [2.24, 2.45) is 0 Å². The third-order valence-corrected chi connectivity index (χ3v) is 6.12. The Morgan fingerprint density at radius 2 is 2.15 bits per heavy atom. The van der Waals surface area contributed by atoms with Gasteiger partial charge in [0.1, 0.15) is 17.9 Å². The zero-order valence-electron chi connectivity index (χ0n) is 15.2. The second-order valence-electron chi connectivity index (χ2n) is 7.46. The summed E-state index contributed by atoms with van der Waals surface area (Å²) in [6, 6.07) is 3.64. The van der Waals surface area contributed by atoms with Crippen molar-refractivity contribution in [2.75, 3.05) is 6.54 Å². The molecular weight excluding hydrogens is 388 g/mol. The molecule has 9 heteroatoms. The number of rotatable bonds is 6. The summed E-state index contributed by atoms with van der Waals surface area (Å²) in [4.78, 5) is 25.1. The van der Waals surface area contributed by atoms with E-state index in [2.05, 4.69) is 10.4 Å². The van der Waals surface area contributed by atoms with Crippen molar-refractivity contribution in [3.63, 3.8) is 0 Å². The lowest BCUT2D eigenvalue weighted by molar-refractivity contribution is -0.122. The minimum Gasteiger partial charge on any atom is -0.390 e. The lowest BCUT2D eigenvalue weighted by Gasteiger charge is -2.13. The van der Waals surface area contributed by atoms with Gasteiger partial charge in [-0.25, -0.2) is 4.68 Å². The van der Waals surface area contributed by atoms with Gasteiger partial charge in [0.2, 0.25) is 5.91 Å². The maximum Gasteiger partial charge on any atom is 0.291 e. The molecule has 0 spiro atoms. The molecule has 0 aliphatic heterocycles. The first-order valence-corrected chi connectivity index (χ1v) is 10.2. The minimum absolute atomic E-state index is 0.0563. The van der Waals surface area contributed by atoms with Crippen molar-refractivity contribution in [3.05, 3.63) is 32.6 Å². The number of aromatic nitrogens is 3. The number of thiophene rings is 1. The molecule has 144 valence electrons. The van der Waals surface area contributed by atoms with Crippen molar-refractivity contribution in [1.82, 2.24) is 19.5 Å². The summed E-state index contributed by atoms with van der Waals surface area (Å²) < 4.78 is 4.63. The molecular formula is C18H21ClN4O3S. The maximum absolute atomic E-state index is 12.9. The highest BCUT2D eigenvalue weighted by atomic mass is 35.5. The molecule has 3 heterocycles. The summed E-state index contributed by atoms with van der Waals surface area (Å²) in [5.74, 6) is 0.472. The molecule has 4 rings (SSSR count). The molecule has 0 bridgehead atoms. The Morgan fingerprint density at radius 3 is 2.81 bits per heavy atom. The summed E-state index contributed by atoms with van der Waals surface area (Å²) >= 11 is 7.52. The van der Waals surface area contributed by atoms with E-state index in [1.54, 1.807) is 6.07 Å². The van der Waals surface area contributed by atoms with Gasteiger partial charge in [0.25, 0.3) is 5.56 Å². The van der Waals surface area contributed by atoms with E-state index in [9.17, 15) is 14.7 Å². The van der Waals surface area contributed by atoms with Crippen molar-refractivity contribution < 1.29 is 9.90 Å². The van der Waals surface area contributed by atoms with Crippen LogP contribution in [0.4, 0.5) is 0 Å². The molecule has 1 amide bonds. The largest absolute Gasteiger partial charge is 0.390 e. The predicted octanol–water partition coefficient (Wildman–Crippen LogP) is 2.52. The fraction of sp³-hybridized carbons (Fsp3) is 0.500. The Kier molecular flexibility index (Phi) is 4.52. The van der Waals surface area contributed by atoms with Crippen LogP contribution in [0.25, 0.3) is 15.7 Å². The van der Waals surface area contributed by atoms with Crippen LogP contribution in [0.1, 0.15) is 44.9 Å². The summed E-state index contributed by atoms with van der Waals surface area (Å²) in [5, 5.41) is 17.0. The fourth-order valence-corrected chi connectivity index (χ4v) is 4.37. The molecule has 0 aromatic carbocycles. The average molecular weight is 409 g/mol. The van der Waals surface area contributed by atoms with Crippen molar-refractivity contribution >= 4 is 44.6 Å². The molecule has 0 radical (unpaired) electrons. The zero-order chi connectivity index (χ0) is 19.3. The number of aliphatic hydroxyl groups is 1. The van der Waals surface area contributed by atoms with Gasteiger partial charge >= 0.3 is 0 Å². The van der Waals surface area contributed by atoms with E-state index >= 15 is 0 Å². The van der Waals surface area contributed by atoms with Gasteiger partial charge in [-0.3, -0.25) is 14.0 Å². The van der Waals surface area contributed by atoms with E-state index in [-0.39, 0.29) is 23.9 Å². The van der Waals surface area contributed by atoms with Gasteiger partial charge < -0.3 is 10.4 Å². The SMILES string of the molecule is CC(C)c1nn(CC(=O)NCCC2(O)CC2)c(=O)c2cc3sc(Cl)cc3n12. The second-order valence-corrected chi connectivity index (χ2v) is 9.18. The highest BCUT2D eigenvalue weighted by molar-refractivity contribution is 7.22. The number of amides is 1. The molecule has 1 fully saturated rings. The number of carbonyl (C=O) groups excluding carboxylic acids is 1. The standard InChI is InChI=1S/C18H21ClN4O3S/c1-10(2)16-21-22(9-15(24)20-6-5-18(26)3-4-18)17(25)12-7-13-11(23(12)16)8-14(19)27-13/h7-8,10,26H,3-6,9H2,1-2H3,(H,20,24). The molecule has 1 aliphatic rings. The van der Waals surface area contributed by atoms with Gasteiger partial charge in [0.05, 0.1) is 20.2 Å². The van der Waals surface area contributed by atoms with Crippen LogP contribution < -0.4 is 10.9 Å². The lowest BCUT2D eigenvalue weighted by Crippen LogP contribution is -2.36. The molecule has 0 unspecified atom stereocenters. The van der Waals surface area contributed by atoms with Gasteiger partial charge in [-0.1, -0.05) is 25.4 Å². The summed E-state index contributed by atoms with van der Waals surface area (Å²) in [5.41, 5.74) is 0.439. The van der Waals surface area contributed by atoms with Crippen molar-refractivity contribution in [3.8, 4) is 0 Å². The monoisotopic (exact) mass is 408 g/mol. The number of hydrogen-bond donors (Lipinski definition) is 2. The first-order valence-electron chi connectivity index (χ1n) is 8.98. The fourth-order valence-electron chi connectivity index (χ4n) is 3.21. The molecule has 0 saturated heterocycles. The van der Waals surface area contributed by atoms with Gasteiger partial charge in [0.15, 0.2) is 0 Å². The van der Waals surface area contributed by atoms with E-state index in [1.807, 2.05) is 24.3 Å². The number of carbonyl (C=O) groups is 1. The van der Waals surface area contributed by atoms with Crippen LogP contribution in [0, 0.1) is 0 Å². The van der Waals surface area contributed by atoms with E-state index in [0.717, 1.165) is 23.1 Å². The molecule has 0 atom stereocenters. The third kappa shape index (κ3) is 3.49. The Balaban J connectivity index is 1.65. The second kappa shape index (κ2) is 6.61. The number of nitrogens with one attached hydrogen (secondary N) is 1. The maximum atomic E-state index is 12.9. The van der Waals surface area contributed by atoms with Crippen LogP contribution in [0.2, 0.25) is 4.34 Å². The van der Waals surface area contributed by atoms with Crippen LogP contribution in [0.15, 0.2) is 16.9 Å².